The number of anilines is 1. The lowest BCUT2D eigenvalue weighted by Gasteiger charge is -2.06. The lowest BCUT2D eigenvalue weighted by Crippen LogP contribution is -2.14. The van der Waals surface area contributed by atoms with Gasteiger partial charge in [0.05, 0.1) is 18.7 Å². The Balaban J connectivity index is 1.65. The van der Waals surface area contributed by atoms with Crippen molar-refractivity contribution in [2.75, 3.05) is 11.9 Å². The van der Waals surface area contributed by atoms with Gasteiger partial charge in [-0.25, -0.2) is 9.37 Å². The van der Waals surface area contributed by atoms with Gasteiger partial charge in [0.25, 0.3) is 0 Å². The van der Waals surface area contributed by atoms with Crippen molar-refractivity contribution < 1.29 is 13.9 Å². The molecule has 3 aromatic rings. The van der Waals surface area contributed by atoms with Crippen molar-refractivity contribution in [3.8, 4) is 5.75 Å². The summed E-state index contributed by atoms with van der Waals surface area (Å²) in [4.78, 5) is 16.4. The van der Waals surface area contributed by atoms with Crippen LogP contribution in [0.25, 0.3) is 5.65 Å². The average Bonchev–Trinajstić information content (AvgIpc) is 2.90. The van der Waals surface area contributed by atoms with E-state index in [4.69, 9.17) is 4.74 Å². The van der Waals surface area contributed by atoms with Crippen LogP contribution in [0.3, 0.4) is 0 Å². The molecule has 6 heteroatoms. The van der Waals surface area contributed by atoms with Crippen LogP contribution < -0.4 is 10.1 Å². The molecule has 0 saturated heterocycles. The monoisotopic (exact) mass is 313 g/mol. The molecule has 0 radical (unpaired) electrons. The molecule has 118 valence electrons. The molecule has 2 aromatic heterocycles. The fourth-order valence-electron chi connectivity index (χ4n) is 2.27. The molecule has 1 amide bonds. The Labute approximate surface area is 132 Å². The molecule has 1 aromatic carbocycles. The van der Waals surface area contributed by atoms with Crippen LogP contribution in [0.4, 0.5) is 10.1 Å². The molecule has 5 nitrogen and oxygen atoms in total. The Kier molecular flexibility index (Phi) is 4.23. The third-order valence-corrected chi connectivity index (χ3v) is 3.26. The van der Waals surface area contributed by atoms with Crippen LogP contribution in [0.15, 0.2) is 48.8 Å². The fraction of sp³-hybridized carbons (Fsp3) is 0.176. The van der Waals surface area contributed by atoms with Crippen LogP contribution >= 0.6 is 0 Å². The SMILES string of the molecule is CCOc1ccc(NC(=O)Cc2cn3cc(F)ccc3n2)cc1. The van der Waals surface area contributed by atoms with Crippen LogP contribution in [0.5, 0.6) is 5.75 Å². The van der Waals surface area contributed by atoms with E-state index in [1.807, 2.05) is 6.92 Å². The van der Waals surface area contributed by atoms with Gasteiger partial charge in [-0.2, -0.15) is 0 Å². The smallest absolute Gasteiger partial charge is 0.230 e. The maximum atomic E-state index is 13.1. The zero-order valence-electron chi connectivity index (χ0n) is 12.6. The van der Waals surface area contributed by atoms with E-state index in [-0.39, 0.29) is 18.1 Å². The number of carbonyl (C=O) groups is 1. The second-order valence-electron chi connectivity index (χ2n) is 5.03. The van der Waals surface area contributed by atoms with Gasteiger partial charge in [0.1, 0.15) is 17.2 Å². The highest BCUT2D eigenvalue weighted by Crippen LogP contribution is 2.16. The second kappa shape index (κ2) is 6.48. The van der Waals surface area contributed by atoms with Gasteiger partial charge >= 0.3 is 0 Å². The Morgan fingerprint density at radius 2 is 2.00 bits per heavy atom. The molecule has 23 heavy (non-hydrogen) atoms. The number of ether oxygens (including phenoxy) is 1. The molecule has 0 aliphatic rings. The first-order chi connectivity index (χ1) is 11.1. The molecule has 0 saturated carbocycles. The Hall–Kier alpha value is -2.89. The molecule has 0 unspecified atom stereocenters. The molecule has 3 rings (SSSR count). The van der Waals surface area contributed by atoms with Gasteiger partial charge in [0.15, 0.2) is 0 Å². The Morgan fingerprint density at radius 3 is 2.74 bits per heavy atom. The number of amides is 1. The highest BCUT2D eigenvalue weighted by atomic mass is 19.1. The standard InChI is InChI=1S/C17H16FN3O2/c1-2-23-15-6-4-13(5-7-15)20-17(22)9-14-11-21-10-12(18)3-8-16(21)19-14/h3-8,10-11H,2,9H2,1H3,(H,20,22). The van der Waals surface area contributed by atoms with Crippen molar-refractivity contribution in [3.05, 3.63) is 60.3 Å². The van der Waals surface area contributed by atoms with E-state index in [1.165, 1.54) is 12.3 Å². The first-order valence-electron chi connectivity index (χ1n) is 7.30. The summed E-state index contributed by atoms with van der Waals surface area (Å²) in [7, 11) is 0. The Morgan fingerprint density at radius 1 is 1.22 bits per heavy atom. The van der Waals surface area contributed by atoms with Crippen LogP contribution in [-0.4, -0.2) is 21.9 Å². The minimum atomic E-state index is -0.347. The maximum Gasteiger partial charge on any atom is 0.230 e. The summed E-state index contributed by atoms with van der Waals surface area (Å²) in [5, 5.41) is 2.80. The average molecular weight is 313 g/mol. The number of nitrogens with one attached hydrogen (secondary N) is 1. The van der Waals surface area contributed by atoms with Gasteiger partial charge in [-0.05, 0) is 43.3 Å². The van der Waals surface area contributed by atoms with E-state index < -0.39 is 0 Å². The van der Waals surface area contributed by atoms with E-state index in [0.717, 1.165) is 5.75 Å². The van der Waals surface area contributed by atoms with Gasteiger partial charge < -0.3 is 14.5 Å². The minimum absolute atomic E-state index is 0.122. The molecule has 0 aliphatic heterocycles. The second-order valence-corrected chi connectivity index (χ2v) is 5.03. The summed E-state index contributed by atoms with van der Waals surface area (Å²) < 4.78 is 20.1. The lowest BCUT2D eigenvalue weighted by molar-refractivity contribution is -0.115. The predicted octanol–water partition coefficient (Wildman–Crippen LogP) is 3.05. The highest BCUT2D eigenvalue weighted by Gasteiger charge is 2.08. The number of fused-ring (bicyclic) bond motifs is 1. The number of pyridine rings is 1. The highest BCUT2D eigenvalue weighted by molar-refractivity contribution is 5.92. The number of halogens is 1. The van der Waals surface area contributed by atoms with E-state index in [0.29, 0.717) is 23.6 Å². The number of nitrogens with zero attached hydrogens (tertiary/aromatic N) is 2. The van der Waals surface area contributed by atoms with Crippen molar-refractivity contribution in [1.82, 2.24) is 9.38 Å². The van der Waals surface area contributed by atoms with Gasteiger partial charge in [-0.3, -0.25) is 4.79 Å². The first kappa shape index (κ1) is 15.0. The van der Waals surface area contributed by atoms with Gasteiger partial charge in [-0.15, -0.1) is 0 Å². The number of hydrogen-bond acceptors (Lipinski definition) is 3. The molecule has 0 fully saturated rings. The van der Waals surface area contributed by atoms with E-state index in [1.54, 1.807) is 40.9 Å². The first-order valence-corrected chi connectivity index (χ1v) is 7.30. The number of carbonyl (C=O) groups excluding carboxylic acids is 1. The number of benzene rings is 1. The van der Waals surface area contributed by atoms with Crippen molar-refractivity contribution in [1.29, 1.82) is 0 Å². The van der Waals surface area contributed by atoms with Gasteiger partial charge in [0, 0.05) is 18.1 Å². The maximum absolute atomic E-state index is 13.1. The molecule has 0 atom stereocenters. The third kappa shape index (κ3) is 3.66. The number of hydrogen-bond donors (Lipinski definition) is 1. The summed E-state index contributed by atoms with van der Waals surface area (Å²) in [5.74, 6) is 0.228. The summed E-state index contributed by atoms with van der Waals surface area (Å²) >= 11 is 0. The van der Waals surface area contributed by atoms with E-state index in [9.17, 15) is 9.18 Å². The summed E-state index contributed by atoms with van der Waals surface area (Å²) in [6.07, 6.45) is 3.10. The molecule has 2 heterocycles. The molecule has 0 aliphatic carbocycles. The largest absolute Gasteiger partial charge is 0.494 e. The van der Waals surface area contributed by atoms with E-state index >= 15 is 0 Å². The van der Waals surface area contributed by atoms with Gasteiger partial charge in [0.2, 0.25) is 5.91 Å². The van der Waals surface area contributed by atoms with E-state index in [2.05, 4.69) is 10.3 Å². The number of aromatic nitrogens is 2. The van der Waals surface area contributed by atoms with Crippen LogP contribution in [-0.2, 0) is 11.2 Å². The fourth-order valence-corrected chi connectivity index (χ4v) is 2.27. The Bertz CT molecular complexity index is 827. The summed E-state index contributed by atoms with van der Waals surface area (Å²) in [6.45, 7) is 2.51. The molecular weight excluding hydrogens is 297 g/mol. The normalized spacial score (nSPS) is 10.7. The quantitative estimate of drug-likeness (QED) is 0.787. The van der Waals surface area contributed by atoms with Crippen molar-refractivity contribution in [2.45, 2.75) is 13.3 Å². The summed E-state index contributed by atoms with van der Waals surface area (Å²) in [6, 6.07) is 10.1. The van der Waals surface area contributed by atoms with Crippen LogP contribution in [0.1, 0.15) is 12.6 Å². The topological polar surface area (TPSA) is 55.6 Å². The van der Waals surface area contributed by atoms with Crippen molar-refractivity contribution in [3.63, 3.8) is 0 Å². The number of rotatable bonds is 5. The summed E-state index contributed by atoms with van der Waals surface area (Å²) in [5.41, 5.74) is 1.88. The lowest BCUT2D eigenvalue weighted by atomic mass is 10.2. The third-order valence-electron chi connectivity index (χ3n) is 3.26. The van der Waals surface area contributed by atoms with Crippen molar-refractivity contribution >= 4 is 17.2 Å². The zero-order chi connectivity index (χ0) is 16.2. The molecule has 0 spiro atoms. The van der Waals surface area contributed by atoms with Gasteiger partial charge in [-0.1, -0.05) is 0 Å². The zero-order valence-corrected chi connectivity index (χ0v) is 12.6. The molecule has 1 N–H and O–H groups in total. The number of imidazole rings is 1. The van der Waals surface area contributed by atoms with Crippen LogP contribution in [0, 0.1) is 5.82 Å². The predicted molar refractivity (Wildman–Crippen MR) is 85.1 cm³/mol. The van der Waals surface area contributed by atoms with Crippen LogP contribution in [0.2, 0.25) is 0 Å². The minimum Gasteiger partial charge on any atom is -0.494 e. The molecule has 0 bridgehead atoms. The van der Waals surface area contributed by atoms with Crippen molar-refractivity contribution in [2.24, 2.45) is 0 Å². The molecular formula is C17H16FN3O2.